The number of amides is 2. The molecule has 0 unspecified atom stereocenters. The SMILES string of the molecule is C[C@H](SC1=N/C(=C\c2ccco2)C(=O)N1c1ccc(OC(F)F)cc1)C(=O)N1CCc2ccccc2C1. The molecule has 7 nitrogen and oxygen atoms in total. The highest BCUT2D eigenvalue weighted by Crippen LogP contribution is 2.33. The van der Waals surface area contributed by atoms with E-state index in [1.807, 2.05) is 23.1 Å². The number of aliphatic imine (C=N–C) groups is 1. The zero-order valence-electron chi connectivity index (χ0n) is 19.8. The number of rotatable bonds is 6. The quantitative estimate of drug-likeness (QED) is 0.408. The molecule has 2 aliphatic rings. The summed E-state index contributed by atoms with van der Waals surface area (Å²) in [6.07, 6.45) is 3.79. The van der Waals surface area contributed by atoms with Gasteiger partial charge in [0, 0.05) is 19.2 Å². The van der Waals surface area contributed by atoms with Gasteiger partial charge in [0.2, 0.25) is 5.91 Å². The lowest BCUT2D eigenvalue weighted by atomic mass is 10.00. The van der Waals surface area contributed by atoms with Crippen molar-refractivity contribution in [2.24, 2.45) is 4.99 Å². The molecule has 0 saturated carbocycles. The smallest absolute Gasteiger partial charge is 0.387 e. The van der Waals surface area contributed by atoms with Crippen molar-refractivity contribution in [3.05, 3.63) is 89.5 Å². The highest BCUT2D eigenvalue weighted by atomic mass is 32.2. The molecule has 37 heavy (non-hydrogen) atoms. The Morgan fingerprint density at radius 3 is 2.57 bits per heavy atom. The van der Waals surface area contributed by atoms with Gasteiger partial charge in [-0.3, -0.25) is 14.5 Å². The van der Waals surface area contributed by atoms with E-state index in [2.05, 4.69) is 15.8 Å². The van der Waals surface area contributed by atoms with Gasteiger partial charge in [-0.25, -0.2) is 4.99 Å². The van der Waals surface area contributed by atoms with E-state index >= 15 is 0 Å². The molecular formula is C27H23F2N3O4S. The summed E-state index contributed by atoms with van der Waals surface area (Å²) in [5.41, 5.74) is 2.92. The molecule has 5 rings (SSSR count). The largest absolute Gasteiger partial charge is 0.465 e. The first-order valence-corrected chi connectivity index (χ1v) is 12.5. The highest BCUT2D eigenvalue weighted by Gasteiger charge is 2.35. The molecule has 10 heteroatoms. The molecule has 1 aromatic heterocycles. The third-order valence-corrected chi connectivity index (χ3v) is 7.08. The minimum absolute atomic E-state index is 0.0307. The van der Waals surface area contributed by atoms with Crippen LogP contribution in [0.4, 0.5) is 14.5 Å². The Hall–Kier alpha value is -3.92. The Morgan fingerprint density at radius 2 is 1.86 bits per heavy atom. The lowest BCUT2D eigenvalue weighted by molar-refractivity contribution is -0.131. The van der Waals surface area contributed by atoms with Gasteiger partial charge in [0.25, 0.3) is 5.91 Å². The van der Waals surface area contributed by atoms with Crippen molar-refractivity contribution in [3.63, 3.8) is 0 Å². The molecule has 0 radical (unpaired) electrons. The minimum Gasteiger partial charge on any atom is -0.465 e. The summed E-state index contributed by atoms with van der Waals surface area (Å²) in [5, 5.41) is -0.215. The highest BCUT2D eigenvalue weighted by molar-refractivity contribution is 8.15. The zero-order chi connectivity index (χ0) is 25.9. The number of benzene rings is 2. The van der Waals surface area contributed by atoms with Crippen LogP contribution in [0.15, 0.2) is 82.0 Å². The van der Waals surface area contributed by atoms with Crippen LogP contribution in [-0.4, -0.2) is 40.3 Å². The normalized spacial score (nSPS) is 17.2. The number of fused-ring (bicyclic) bond motifs is 1. The van der Waals surface area contributed by atoms with Gasteiger partial charge < -0.3 is 14.1 Å². The number of hydrogen-bond donors (Lipinski definition) is 0. The predicted molar refractivity (Wildman–Crippen MR) is 137 cm³/mol. The number of carbonyl (C=O) groups is 2. The van der Waals surface area contributed by atoms with Crippen molar-refractivity contribution in [2.45, 2.75) is 31.8 Å². The summed E-state index contributed by atoms with van der Waals surface area (Å²) in [4.78, 5) is 34.4. The van der Waals surface area contributed by atoms with Crippen LogP contribution >= 0.6 is 11.8 Å². The molecule has 2 aromatic carbocycles. The molecular weight excluding hydrogens is 500 g/mol. The molecule has 0 fully saturated rings. The Balaban J connectivity index is 1.38. The maximum Gasteiger partial charge on any atom is 0.387 e. The summed E-state index contributed by atoms with van der Waals surface area (Å²) < 4.78 is 34.9. The van der Waals surface area contributed by atoms with Crippen LogP contribution in [0.1, 0.15) is 23.8 Å². The maximum absolute atomic E-state index is 13.3. The van der Waals surface area contributed by atoms with Crippen LogP contribution in [0.3, 0.4) is 0 Å². The first-order chi connectivity index (χ1) is 17.9. The third-order valence-electron chi connectivity index (χ3n) is 6.04. The van der Waals surface area contributed by atoms with Gasteiger partial charge >= 0.3 is 6.61 Å². The van der Waals surface area contributed by atoms with Gasteiger partial charge in [0.05, 0.1) is 17.2 Å². The third kappa shape index (κ3) is 5.43. The number of carbonyl (C=O) groups excluding carboxylic acids is 2. The Morgan fingerprint density at radius 1 is 1.11 bits per heavy atom. The Labute approximate surface area is 216 Å². The van der Waals surface area contributed by atoms with Crippen LogP contribution in [0, 0.1) is 0 Å². The number of alkyl halides is 2. The fourth-order valence-corrected chi connectivity index (χ4v) is 5.25. The standard InChI is InChI=1S/C27H23F2N3O4S/c1-17(24(33)31-13-12-18-5-2-3-6-19(18)16-31)37-27-30-23(15-22-7-4-14-35-22)25(34)32(27)20-8-10-21(11-9-20)36-26(28)29/h2-11,14-15,17,26H,12-13,16H2,1H3/b23-15-/t17-/m0/s1. The van der Waals surface area contributed by atoms with Crippen LogP contribution in [0.25, 0.3) is 6.08 Å². The lowest BCUT2D eigenvalue weighted by Gasteiger charge is -2.31. The van der Waals surface area contributed by atoms with Crippen molar-refractivity contribution in [1.29, 1.82) is 0 Å². The second-order valence-corrected chi connectivity index (χ2v) is 9.80. The van der Waals surface area contributed by atoms with Gasteiger partial charge in [-0.05, 0) is 60.9 Å². The fraction of sp³-hybridized carbons (Fsp3) is 0.222. The number of ether oxygens (including phenoxy) is 1. The van der Waals surface area contributed by atoms with Gasteiger partial charge in [-0.1, -0.05) is 36.0 Å². The van der Waals surface area contributed by atoms with E-state index in [0.717, 1.165) is 12.0 Å². The average Bonchev–Trinajstić information content (AvgIpc) is 3.51. The minimum atomic E-state index is -2.96. The van der Waals surface area contributed by atoms with Gasteiger partial charge in [-0.15, -0.1) is 0 Å². The summed E-state index contributed by atoms with van der Waals surface area (Å²) in [7, 11) is 0. The molecule has 2 aliphatic heterocycles. The lowest BCUT2D eigenvalue weighted by Crippen LogP contribution is -2.41. The number of anilines is 1. The van der Waals surface area contributed by atoms with E-state index in [-0.39, 0.29) is 17.4 Å². The summed E-state index contributed by atoms with van der Waals surface area (Å²) in [6, 6.07) is 17.2. The number of nitrogens with zero attached hydrogens (tertiary/aromatic N) is 3. The monoisotopic (exact) mass is 523 g/mol. The molecule has 1 atom stereocenters. The van der Waals surface area contributed by atoms with Crippen LogP contribution < -0.4 is 9.64 Å². The van der Waals surface area contributed by atoms with Crippen molar-refractivity contribution in [1.82, 2.24) is 4.90 Å². The van der Waals surface area contributed by atoms with E-state index in [4.69, 9.17) is 4.42 Å². The van der Waals surface area contributed by atoms with Crippen molar-refractivity contribution >= 4 is 40.5 Å². The number of halogens is 2. The molecule has 0 saturated heterocycles. The average molecular weight is 524 g/mol. The number of thioether (sulfide) groups is 1. The zero-order valence-corrected chi connectivity index (χ0v) is 20.7. The molecule has 0 aliphatic carbocycles. The number of amidine groups is 1. The van der Waals surface area contributed by atoms with E-state index in [1.165, 1.54) is 58.8 Å². The van der Waals surface area contributed by atoms with Crippen LogP contribution in [0.5, 0.6) is 5.75 Å². The van der Waals surface area contributed by atoms with Crippen molar-refractivity contribution < 1.29 is 27.5 Å². The van der Waals surface area contributed by atoms with Gasteiger partial charge in [-0.2, -0.15) is 8.78 Å². The Bertz CT molecular complexity index is 1360. The fourth-order valence-electron chi connectivity index (χ4n) is 4.24. The first-order valence-electron chi connectivity index (χ1n) is 11.6. The molecule has 0 bridgehead atoms. The predicted octanol–water partition coefficient (Wildman–Crippen LogP) is 5.33. The van der Waals surface area contributed by atoms with E-state index < -0.39 is 17.8 Å². The maximum atomic E-state index is 13.3. The molecule has 2 amide bonds. The topological polar surface area (TPSA) is 75.4 Å². The molecule has 3 heterocycles. The van der Waals surface area contributed by atoms with Crippen molar-refractivity contribution in [3.8, 4) is 5.75 Å². The van der Waals surface area contributed by atoms with E-state index in [9.17, 15) is 18.4 Å². The van der Waals surface area contributed by atoms with Crippen LogP contribution in [-0.2, 0) is 22.6 Å². The second kappa shape index (κ2) is 10.6. The summed E-state index contributed by atoms with van der Waals surface area (Å²) >= 11 is 1.17. The molecule has 3 aromatic rings. The van der Waals surface area contributed by atoms with E-state index in [1.54, 1.807) is 19.1 Å². The van der Waals surface area contributed by atoms with Crippen LogP contribution in [0.2, 0.25) is 0 Å². The molecule has 0 N–H and O–H groups in total. The van der Waals surface area contributed by atoms with Crippen molar-refractivity contribution in [2.75, 3.05) is 11.4 Å². The van der Waals surface area contributed by atoms with E-state index in [0.29, 0.717) is 29.7 Å². The summed E-state index contributed by atoms with van der Waals surface area (Å²) in [5.74, 6) is -0.0568. The summed E-state index contributed by atoms with van der Waals surface area (Å²) in [6.45, 7) is -0.0228. The molecule has 190 valence electrons. The Kier molecular flexibility index (Phi) is 7.09. The number of furan rings is 1. The number of hydrogen-bond acceptors (Lipinski definition) is 6. The van der Waals surface area contributed by atoms with Gasteiger partial charge in [0.15, 0.2) is 5.17 Å². The van der Waals surface area contributed by atoms with Gasteiger partial charge in [0.1, 0.15) is 17.2 Å². The second-order valence-electron chi connectivity index (χ2n) is 8.49. The molecule has 0 spiro atoms. The first kappa shape index (κ1) is 24.8.